The summed E-state index contributed by atoms with van der Waals surface area (Å²) in [6, 6.07) is 6.00. The monoisotopic (exact) mass is 329 g/mol. The smallest absolute Gasteiger partial charge is 0.270 e. The Morgan fingerprint density at radius 3 is 2.42 bits per heavy atom. The van der Waals surface area contributed by atoms with Crippen molar-refractivity contribution >= 4 is 22.7 Å². The van der Waals surface area contributed by atoms with Crippen molar-refractivity contribution in [3.8, 4) is 0 Å². The number of H-pyrrole nitrogens is 1. The number of carbonyl (C=O) groups is 2. The highest BCUT2D eigenvalue weighted by Crippen LogP contribution is 2.22. The van der Waals surface area contributed by atoms with Crippen LogP contribution in [0, 0.1) is 13.8 Å². The molecule has 2 amide bonds. The second kappa shape index (κ2) is 6.67. The van der Waals surface area contributed by atoms with Gasteiger partial charge in [-0.05, 0) is 64.8 Å². The van der Waals surface area contributed by atoms with Crippen LogP contribution in [0.3, 0.4) is 0 Å². The van der Waals surface area contributed by atoms with E-state index in [4.69, 9.17) is 0 Å². The van der Waals surface area contributed by atoms with Gasteiger partial charge in [-0.25, -0.2) is 0 Å². The summed E-state index contributed by atoms with van der Waals surface area (Å²) in [5.74, 6) is -0.310. The fourth-order valence-corrected chi connectivity index (χ4v) is 2.84. The maximum Gasteiger partial charge on any atom is 0.270 e. The number of amides is 2. The minimum absolute atomic E-state index is 0.0555. The van der Waals surface area contributed by atoms with E-state index in [9.17, 15) is 9.59 Å². The lowest BCUT2D eigenvalue weighted by Gasteiger charge is -2.24. The fourth-order valence-electron chi connectivity index (χ4n) is 2.84. The van der Waals surface area contributed by atoms with Crippen molar-refractivity contribution in [1.29, 1.82) is 0 Å². The maximum absolute atomic E-state index is 12.8. The Morgan fingerprint density at radius 2 is 1.83 bits per heavy atom. The van der Waals surface area contributed by atoms with Gasteiger partial charge >= 0.3 is 0 Å². The topological polar surface area (TPSA) is 65.2 Å². The lowest BCUT2D eigenvalue weighted by molar-refractivity contribution is -0.123. The number of aromatic nitrogens is 1. The van der Waals surface area contributed by atoms with Crippen molar-refractivity contribution in [3.05, 3.63) is 35.0 Å². The summed E-state index contributed by atoms with van der Waals surface area (Å²) in [5, 5.41) is 3.93. The molecule has 5 nitrogen and oxygen atoms in total. The van der Waals surface area contributed by atoms with Gasteiger partial charge in [-0.1, -0.05) is 6.07 Å². The Hall–Kier alpha value is -2.30. The number of hydrogen-bond donors (Lipinski definition) is 2. The van der Waals surface area contributed by atoms with Gasteiger partial charge in [-0.3, -0.25) is 9.59 Å². The average molecular weight is 329 g/mol. The molecule has 0 aliphatic carbocycles. The van der Waals surface area contributed by atoms with E-state index < -0.39 is 0 Å². The molecule has 5 heteroatoms. The molecule has 2 rings (SSSR count). The van der Waals surface area contributed by atoms with Crippen LogP contribution in [-0.2, 0) is 4.79 Å². The van der Waals surface area contributed by atoms with Crippen LogP contribution in [0.4, 0.5) is 0 Å². The largest absolute Gasteiger partial charge is 0.351 e. The Balaban J connectivity index is 2.22. The van der Waals surface area contributed by atoms with E-state index in [-0.39, 0.29) is 23.9 Å². The van der Waals surface area contributed by atoms with Gasteiger partial charge in [0.15, 0.2) is 0 Å². The summed E-state index contributed by atoms with van der Waals surface area (Å²) >= 11 is 0. The highest BCUT2D eigenvalue weighted by Gasteiger charge is 2.21. The van der Waals surface area contributed by atoms with Gasteiger partial charge in [0.2, 0.25) is 5.91 Å². The van der Waals surface area contributed by atoms with Crippen molar-refractivity contribution in [2.24, 2.45) is 0 Å². The number of likely N-dealkylation sites (N-methyl/N-ethyl adjacent to an activating group) is 1. The predicted octanol–water partition coefficient (Wildman–Crippen LogP) is 3.16. The zero-order valence-corrected chi connectivity index (χ0v) is 15.4. The van der Waals surface area contributed by atoms with E-state index in [0.717, 1.165) is 22.0 Å². The number of nitrogens with one attached hydrogen (secondary N) is 2. The number of carbonyl (C=O) groups excluding carboxylic acids is 2. The number of nitrogens with zero attached hydrogens (tertiary/aromatic N) is 1. The molecule has 0 spiro atoms. The number of hydrogen-bond acceptors (Lipinski definition) is 2. The van der Waals surface area contributed by atoms with Crippen LogP contribution < -0.4 is 5.32 Å². The summed E-state index contributed by atoms with van der Waals surface area (Å²) in [6.45, 7) is 12.2. The van der Waals surface area contributed by atoms with Gasteiger partial charge < -0.3 is 15.2 Å². The second-order valence-electron chi connectivity index (χ2n) is 7.34. The molecule has 2 aromatic rings. The first-order valence-electron chi connectivity index (χ1n) is 8.31. The first-order chi connectivity index (χ1) is 11.1. The number of aryl methyl sites for hydroxylation is 2. The van der Waals surface area contributed by atoms with Gasteiger partial charge in [-0.15, -0.1) is 0 Å². The fraction of sp³-hybridized carbons (Fsp3) is 0.474. The van der Waals surface area contributed by atoms with Crippen LogP contribution in [-0.4, -0.2) is 40.3 Å². The van der Waals surface area contributed by atoms with E-state index in [0.29, 0.717) is 12.2 Å². The summed E-state index contributed by atoms with van der Waals surface area (Å²) in [4.78, 5) is 29.6. The molecule has 2 N–H and O–H groups in total. The lowest BCUT2D eigenvalue weighted by atomic mass is 10.1. The predicted molar refractivity (Wildman–Crippen MR) is 97.2 cm³/mol. The Morgan fingerprint density at radius 1 is 1.17 bits per heavy atom. The Labute approximate surface area is 143 Å². The van der Waals surface area contributed by atoms with E-state index in [1.54, 1.807) is 4.90 Å². The van der Waals surface area contributed by atoms with Gasteiger partial charge in [0.25, 0.3) is 5.91 Å². The molecule has 0 aliphatic heterocycles. The van der Waals surface area contributed by atoms with E-state index in [1.807, 2.05) is 53.7 Å². The molecule has 0 radical (unpaired) electrons. The van der Waals surface area contributed by atoms with Crippen molar-refractivity contribution in [2.75, 3.05) is 13.1 Å². The van der Waals surface area contributed by atoms with Crippen LogP contribution in [0.25, 0.3) is 10.9 Å². The molecule has 0 atom stereocenters. The van der Waals surface area contributed by atoms with E-state index in [2.05, 4.69) is 16.4 Å². The van der Waals surface area contributed by atoms with Gasteiger partial charge in [0, 0.05) is 23.0 Å². The summed E-state index contributed by atoms with van der Waals surface area (Å²) in [6.07, 6.45) is 0. The first-order valence-corrected chi connectivity index (χ1v) is 8.31. The summed E-state index contributed by atoms with van der Waals surface area (Å²) < 4.78 is 0. The molecule has 0 unspecified atom stereocenters. The molecular weight excluding hydrogens is 302 g/mol. The van der Waals surface area contributed by atoms with Crippen LogP contribution in [0.2, 0.25) is 0 Å². The summed E-state index contributed by atoms with van der Waals surface area (Å²) in [5.41, 5.74) is 3.44. The molecule has 0 saturated heterocycles. The number of rotatable bonds is 4. The maximum atomic E-state index is 12.8. The first kappa shape index (κ1) is 18.0. The lowest BCUT2D eigenvalue weighted by Crippen LogP contribution is -2.47. The third-order valence-corrected chi connectivity index (χ3v) is 3.84. The number of benzene rings is 1. The minimum atomic E-state index is -0.310. The molecule has 1 aromatic heterocycles. The van der Waals surface area contributed by atoms with Crippen molar-refractivity contribution in [3.63, 3.8) is 0 Å². The Bertz CT molecular complexity index is 769. The molecule has 24 heavy (non-hydrogen) atoms. The second-order valence-corrected chi connectivity index (χ2v) is 7.34. The normalized spacial score (nSPS) is 11.6. The van der Waals surface area contributed by atoms with E-state index in [1.165, 1.54) is 0 Å². The van der Waals surface area contributed by atoms with Crippen molar-refractivity contribution < 1.29 is 9.59 Å². The molecule has 130 valence electrons. The SMILES string of the molecule is CCN(CC(=O)NC(C)(C)C)C(=O)c1cc2c(C)cc(C)cc2[nH]1. The molecule has 0 aliphatic rings. The van der Waals surface area contributed by atoms with Gasteiger partial charge in [0.1, 0.15) is 5.69 Å². The highest BCUT2D eigenvalue weighted by atomic mass is 16.2. The van der Waals surface area contributed by atoms with Gasteiger partial charge in [-0.2, -0.15) is 0 Å². The molecule has 1 heterocycles. The van der Waals surface area contributed by atoms with E-state index >= 15 is 0 Å². The quantitative estimate of drug-likeness (QED) is 0.905. The minimum Gasteiger partial charge on any atom is -0.351 e. The van der Waals surface area contributed by atoms with Crippen LogP contribution >= 0.6 is 0 Å². The zero-order chi connectivity index (χ0) is 18.1. The van der Waals surface area contributed by atoms with Gasteiger partial charge in [0.05, 0.1) is 6.54 Å². The molecule has 1 aromatic carbocycles. The van der Waals surface area contributed by atoms with Crippen molar-refractivity contribution in [2.45, 2.75) is 47.1 Å². The number of fused-ring (bicyclic) bond motifs is 1. The van der Waals surface area contributed by atoms with Crippen LogP contribution in [0.1, 0.15) is 49.3 Å². The summed E-state index contributed by atoms with van der Waals surface area (Å²) in [7, 11) is 0. The van der Waals surface area contributed by atoms with Crippen LogP contribution in [0.15, 0.2) is 18.2 Å². The third kappa shape index (κ3) is 4.16. The standard InChI is InChI=1S/C19H27N3O2/c1-7-22(11-17(23)21-19(4,5)6)18(24)16-10-14-13(3)8-12(2)9-15(14)20-16/h8-10,20H,7,11H2,1-6H3,(H,21,23). The Kier molecular flexibility index (Phi) is 5.02. The highest BCUT2D eigenvalue weighted by molar-refractivity contribution is 6.00. The van der Waals surface area contributed by atoms with Crippen LogP contribution in [0.5, 0.6) is 0 Å². The third-order valence-electron chi connectivity index (χ3n) is 3.84. The molecular formula is C19H27N3O2. The average Bonchev–Trinajstić information content (AvgIpc) is 2.86. The molecule has 0 fully saturated rings. The molecule has 0 bridgehead atoms. The zero-order valence-electron chi connectivity index (χ0n) is 15.4. The number of aromatic amines is 1. The van der Waals surface area contributed by atoms with Crippen molar-refractivity contribution in [1.82, 2.24) is 15.2 Å². The molecule has 0 saturated carbocycles.